The lowest BCUT2D eigenvalue weighted by atomic mass is 10.1. The molecule has 0 amide bonds. The minimum absolute atomic E-state index is 0.670. The van der Waals surface area contributed by atoms with Gasteiger partial charge in [-0.1, -0.05) is 6.07 Å². The Balaban J connectivity index is 1.78. The SMILES string of the molecule is N#Cc1ccc(-n2nc(Cc3cccs3)c3c2NCCCC3)cc1. The van der Waals surface area contributed by atoms with Crippen LogP contribution in [0.5, 0.6) is 0 Å². The average molecular weight is 334 g/mol. The number of rotatable bonds is 3. The Hall–Kier alpha value is -2.58. The lowest BCUT2D eigenvalue weighted by Crippen LogP contribution is -2.07. The Kier molecular flexibility index (Phi) is 4.06. The van der Waals surface area contributed by atoms with Crippen LogP contribution in [0.25, 0.3) is 5.69 Å². The molecule has 0 radical (unpaired) electrons. The van der Waals surface area contributed by atoms with Crippen LogP contribution in [0.4, 0.5) is 5.82 Å². The molecule has 1 N–H and O–H groups in total. The van der Waals surface area contributed by atoms with Crippen molar-refractivity contribution in [3.63, 3.8) is 0 Å². The fourth-order valence-corrected chi connectivity index (χ4v) is 3.87. The molecule has 3 aromatic rings. The van der Waals surface area contributed by atoms with Gasteiger partial charge in [0.2, 0.25) is 0 Å². The maximum absolute atomic E-state index is 8.99. The maximum Gasteiger partial charge on any atom is 0.133 e. The van der Waals surface area contributed by atoms with E-state index in [9.17, 15) is 0 Å². The average Bonchev–Trinajstić information content (AvgIpc) is 3.17. The Bertz CT molecular complexity index is 869. The van der Waals surface area contributed by atoms with E-state index in [1.807, 2.05) is 28.9 Å². The number of hydrogen-bond donors (Lipinski definition) is 1. The van der Waals surface area contributed by atoms with Crippen LogP contribution in [0.2, 0.25) is 0 Å². The molecule has 0 spiro atoms. The third-order valence-electron chi connectivity index (χ3n) is 4.38. The predicted molar refractivity (Wildman–Crippen MR) is 96.8 cm³/mol. The zero-order valence-electron chi connectivity index (χ0n) is 13.3. The number of fused-ring (bicyclic) bond motifs is 1. The fraction of sp³-hybridized carbons (Fsp3) is 0.263. The largest absolute Gasteiger partial charge is 0.370 e. The van der Waals surface area contributed by atoms with Crippen LogP contribution in [-0.4, -0.2) is 16.3 Å². The first-order valence-corrected chi connectivity index (χ1v) is 9.10. The van der Waals surface area contributed by atoms with E-state index in [2.05, 4.69) is 28.9 Å². The van der Waals surface area contributed by atoms with Crippen molar-refractivity contribution in [3.8, 4) is 11.8 Å². The Morgan fingerprint density at radius 3 is 2.83 bits per heavy atom. The zero-order chi connectivity index (χ0) is 16.4. The number of nitriles is 1. The van der Waals surface area contributed by atoms with Gasteiger partial charge in [0.25, 0.3) is 0 Å². The number of thiophene rings is 1. The molecule has 4 rings (SSSR count). The lowest BCUT2D eigenvalue weighted by molar-refractivity contribution is 0.768. The van der Waals surface area contributed by atoms with Gasteiger partial charge in [0, 0.05) is 23.4 Å². The van der Waals surface area contributed by atoms with E-state index in [1.165, 1.54) is 23.3 Å². The first-order chi connectivity index (χ1) is 11.8. The molecule has 0 saturated carbocycles. The zero-order valence-corrected chi connectivity index (χ0v) is 14.1. The highest BCUT2D eigenvalue weighted by Crippen LogP contribution is 2.30. The standard InChI is InChI=1S/C19H18N4S/c20-13-14-6-8-15(9-7-14)23-19-17(5-1-2-10-21-19)18(22-23)12-16-4-3-11-24-16/h3-4,6-9,11,21H,1-2,5,10,12H2. The summed E-state index contributed by atoms with van der Waals surface area (Å²) < 4.78 is 2.00. The van der Waals surface area contributed by atoms with Gasteiger partial charge >= 0.3 is 0 Å². The molecule has 0 bridgehead atoms. The van der Waals surface area contributed by atoms with Crippen LogP contribution in [-0.2, 0) is 12.8 Å². The second kappa shape index (κ2) is 6.50. The summed E-state index contributed by atoms with van der Waals surface area (Å²) in [6, 6.07) is 14.1. The molecule has 1 aliphatic heterocycles. The summed E-state index contributed by atoms with van der Waals surface area (Å²) in [5.74, 6) is 1.11. The van der Waals surface area contributed by atoms with Crippen LogP contribution < -0.4 is 5.32 Å². The summed E-state index contributed by atoms with van der Waals surface area (Å²) >= 11 is 1.78. The number of anilines is 1. The highest BCUT2D eigenvalue weighted by Gasteiger charge is 2.20. The first kappa shape index (κ1) is 15.0. The predicted octanol–water partition coefficient (Wildman–Crippen LogP) is 4.14. The van der Waals surface area contributed by atoms with E-state index in [-0.39, 0.29) is 0 Å². The van der Waals surface area contributed by atoms with Crippen LogP contribution >= 0.6 is 11.3 Å². The van der Waals surface area contributed by atoms with Crippen molar-refractivity contribution in [1.29, 1.82) is 5.26 Å². The molecule has 24 heavy (non-hydrogen) atoms. The van der Waals surface area contributed by atoms with Crippen molar-refractivity contribution in [1.82, 2.24) is 9.78 Å². The molecule has 5 heteroatoms. The third-order valence-corrected chi connectivity index (χ3v) is 5.25. The van der Waals surface area contributed by atoms with Crippen LogP contribution in [0.3, 0.4) is 0 Å². The van der Waals surface area contributed by atoms with Crippen LogP contribution in [0.1, 0.15) is 34.5 Å². The molecule has 0 saturated heterocycles. The minimum Gasteiger partial charge on any atom is -0.370 e. The van der Waals surface area contributed by atoms with E-state index in [1.54, 1.807) is 11.3 Å². The summed E-state index contributed by atoms with van der Waals surface area (Å²) in [6.07, 6.45) is 4.32. The van der Waals surface area contributed by atoms with Crippen molar-refractivity contribution in [2.45, 2.75) is 25.7 Å². The van der Waals surface area contributed by atoms with Crippen LogP contribution in [0, 0.1) is 11.3 Å². The molecule has 1 aliphatic rings. The summed E-state index contributed by atoms with van der Waals surface area (Å²) in [7, 11) is 0. The van der Waals surface area contributed by atoms with E-state index in [4.69, 9.17) is 10.4 Å². The Morgan fingerprint density at radius 1 is 1.21 bits per heavy atom. The van der Waals surface area contributed by atoms with Gasteiger partial charge in [-0.25, -0.2) is 4.68 Å². The van der Waals surface area contributed by atoms with Gasteiger partial charge in [0.05, 0.1) is 23.0 Å². The third kappa shape index (κ3) is 2.81. The molecule has 0 unspecified atom stereocenters. The van der Waals surface area contributed by atoms with Crippen molar-refractivity contribution in [3.05, 3.63) is 63.5 Å². The topological polar surface area (TPSA) is 53.6 Å². The molecule has 0 fully saturated rings. The summed E-state index contributed by atoms with van der Waals surface area (Å²) in [6.45, 7) is 0.980. The van der Waals surface area contributed by atoms with Gasteiger partial charge in [-0.15, -0.1) is 11.3 Å². The second-order valence-corrected chi connectivity index (χ2v) is 7.02. The normalized spacial score (nSPS) is 13.6. The van der Waals surface area contributed by atoms with Gasteiger partial charge < -0.3 is 5.32 Å². The maximum atomic E-state index is 8.99. The highest BCUT2D eigenvalue weighted by molar-refractivity contribution is 7.09. The molecule has 120 valence electrons. The summed E-state index contributed by atoms with van der Waals surface area (Å²) in [5, 5.41) is 19.6. The van der Waals surface area contributed by atoms with E-state index >= 15 is 0 Å². The summed E-state index contributed by atoms with van der Waals surface area (Å²) in [4.78, 5) is 1.34. The molecule has 4 nitrogen and oxygen atoms in total. The van der Waals surface area contributed by atoms with Gasteiger partial charge in [-0.05, 0) is 55.0 Å². The number of aromatic nitrogens is 2. The molecule has 2 aromatic heterocycles. The van der Waals surface area contributed by atoms with Crippen molar-refractivity contribution in [2.24, 2.45) is 0 Å². The van der Waals surface area contributed by atoms with Gasteiger partial charge in [-0.3, -0.25) is 0 Å². The molecule has 0 aliphatic carbocycles. The van der Waals surface area contributed by atoms with Gasteiger partial charge in [0.1, 0.15) is 5.82 Å². The van der Waals surface area contributed by atoms with E-state index < -0.39 is 0 Å². The molecule has 0 atom stereocenters. The minimum atomic E-state index is 0.670. The van der Waals surface area contributed by atoms with Gasteiger partial charge in [0.15, 0.2) is 0 Å². The number of benzene rings is 1. The fourth-order valence-electron chi connectivity index (χ4n) is 3.16. The van der Waals surface area contributed by atoms with Crippen molar-refractivity contribution >= 4 is 17.2 Å². The Labute approximate surface area is 145 Å². The highest BCUT2D eigenvalue weighted by atomic mass is 32.1. The van der Waals surface area contributed by atoms with Crippen molar-refractivity contribution in [2.75, 3.05) is 11.9 Å². The number of nitrogens with one attached hydrogen (secondary N) is 1. The number of hydrogen-bond acceptors (Lipinski definition) is 4. The second-order valence-electron chi connectivity index (χ2n) is 5.98. The van der Waals surface area contributed by atoms with Gasteiger partial charge in [-0.2, -0.15) is 10.4 Å². The van der Waals surface area contributed by atoms with E-state index in [0.717, 1.165) is 36.6 Å². The number of nitrogens with zero attached hydrogens (tertiary/aromatic N) is 3. The van der Waals surface area contributed by atoms with Crippen LogP contribution in [0.15, 0.2) is 41.8 Å². The smallest absolute Gasteiger partial charge is 0.133 e. The van der Waals surface area contributed by atoms with E-state index in [0.29, 0.717) is 5.56 Å². The Morgan fingerprint density at radius 2 is 2.08 bits per heavy atom. The summed E-state index contributed by atoms with van der Waals surface area (Å²) in [5.41, 5.74) is 4.16. The molecule has 1 aromatic carbocycles. The quantitative estimate of drug-likeness (QED) is 0.783. The lowest BCUT2D eigenvalue weighted by Gasteiger charge is -2.09. The van der Waals surface area contributed by atoms with Crippen molar-refractivity contribution < 1.29 is 0 Å². The molecular formula is C19H18N4S. The molecular weight excluding hydrogens is 316 g/mol. The molecule has 3 heterocycles. The monoisotopic (exact) mass is 334 g/mol. The first-order valence-electron chi connectivity index (χ1n) is 8.23.